The molecule has 0 saturated carbocycles. The van der Waals surface area contributed by atoms with Crippen molar-refractivity contribution in [2.75, 3.05) is 13.2 Å². The van der Waals surface area contributed by atoms with Crippen molar-refractivity contribution < 1.29 is 9.15 Å². The maximum Gasteiger partial charge on any atom is 0.252 e. The number of aromatic nitrogens is 5. The van der Waals surface area contributed by atoms with E-state index >= 15 is 0 Å². The van der Waals surface area contributed by atoms with E-state index in [0.717, 1.165) is 59.5 Å². The molecule has 1 aliphatic rings. The van der Waals surface area contributed by atoms with Gasteiger partial charge in [-0.2, -0.15) is 0 Å². The van der Waals surface area contributed by atoms with Gasteiger partial charge >= 0.3 is 0 Å². The van der Waals surface area contributed by atoms with Gasteiger partial charge in [-0.3, -0.25) is 9.69 Å². The molecule has 0 amide bonds. The average Bonchev–Trinajstić information content (AvgIpc) is 3.60. The summed E-state index contributed by atoms with van der Waals surface area (Å²) in [7, 11) is 0. The number of furan rings is 1. The van der Waals surface area contributed by atoms with Crippen LogP contribution < -0.4 is 5.56 Å². The molecular weight excluding hydrogens is 432 g/mol. The van der Waals surface area contributed by atoms with Gasteiger partial charge in [-0.1, -0.05) is 18.6 Å². The number of aryl methyl sites for hydroxylation is 1. The molecule has 1 N–H and O–H groups in total. The summed E-state index contributed by atoms with van der Waals surface area (Å²) in [6.07, 6.45) is 4.63. The minimum Gasteiger partial charge on any atom is -0.467 e. The largest absolute Gasteiger partial charge is 0.467 e. The average molecular weight is 463 g/mol. The summed E-state index contributed by atoms with van der Waals surface area (Å²) in [5.74, 6) is 1.54. The van der Waals surface area contributed by atoms with Crippen LogP contribution in [0, 0.1) is 6.92 Å². The summed E-state index contributed by atoms with van der Waals surface area (Å²) in [6.45, 7) is 6.59. The van der Waals surface area contributed by atoms with Crippen molar-refractivity contribution in [1.82, 2.24) is 30.1 Å². The lowest BCUT2D eigenvalue weighted by atomic mass is 10.1. The summed E-state index contributed by atoms with van der Waals surface area (Å²) in [5, 5.41) is 13.6. The van der Waals surface area contributed by atoms with Crippen molar-refractivity contribution in [3.8, 4) is 0 Å². The number of ether oxygens (including phenoxy) is 1. The fourth-order valence-electron chi connectivity index (χ4n) is 4.78. The number of hydrogen-bond acceptors (Lipinski definition) is 7. The SMILES string of the molecule is CC[C@H](c1nnnn1Cc1ccco1)N(Cc1cc2cc(C)ccc2[nH]c1=O)C[C@H]1CCCO1. The van der Waals surface area contributed by atoms with E-state index in [1.54, 1.807) is 10.9 Å². The maximum atomic E-state index is 13.0. The van der Waals surface area contributed by atoms with E-state index in [0.29, 0.717) is 19.6 Å². The maximum absolute atomic E-state index is 13.0. The van der Waals surface area contributed by atoms with Gasteiger partial charge in [-0.15, -0.1) is 5.10 Å². The second kappa shape index (κ2) is 9.90. The number of H-pyrrole nitrogens is 1. The van der Waals surface area contributed by atoms with Crippen molar-refractivity contribution in [3.63, 3.8) is 0 Å². The van der Waals surface area contributed by atoms with Gasteiger partial charge in [-0.25, -0.2) is 4.68 Å². The van der Waals surface area contributed by atoms with Crippen LogP contribution in [0.3, 0.4) is 0 Å². The Kier molecular flexibility index (Phi) is 6.55. The minimum absolute atomic E-state index is 0.0706. The van der Waals surface area contributed by atoms with E-state index in [-0.39, 0.29) is 17.7 Å². The van der Waals surface area contributed by atoms with Gasteiger partial charge in [0, 0.05) is 30.8 Å². The van der Waals surface area contributed by atoms with Crippen LogP contribution in [0.15, 0.2) is 51.9 Å². The summed E-state index contributed by atoms with van der Waals surface area (Å²) < 4.78 is 13.3. The molecule has 1 aromatic carbocycles. The van der Waals surface area contributed by atoms with Crippen LogP contribution in [0.2, 0.25) is 0 Å². The van der Waals surface area contributed by atoms with Crippen molar-refractivity contribution in [2.24, 2.45) is 0 Å². The van der Waals surface area contributed by atoms with Crippen LogP contribution >= 0.6 is 0 Å². The molecule has 9 heteroatoms. The van der Waals surface area contributed by atoms with E-state index < -0.39 is 0 Å². The number of tetrazole rings is 1. The molecule has 178 valence electrons. The Bertz CT molecular complexity index is 1290. The van der Waals surface area contributed by atoms with Gasteiger partial charge in [0.25, 0.3) is 5.56 Å². The van der Waals surface area contributed by atoms with Crippen molar-refractivity contribution in [3.05, 3.63) is 75.7 Å². The second-order valence-corrected chi connectivity index (χ2v) is 8.98. The lowest BCUT2D eigenvalue weighted by Crippen LogP contribution is -2.37. The predicted octanol–water partition coefficient (Wildman–Crippen LogP) is 3.60. The third-order valence-corrected chi connectivity index (χ3v) is 6.48. The van der Waals surface area contributed by atoms with Gasteiger partial charge in [0.15, 0.2) is 5.82 Å². The summed E-state index contributed by atoms with van der Waals surface area (Å²) >= 11 is 0. The molecule has 1 fully saturated rings. The Labute approximate surface area is 197 Å². The molecule has 1 saturated heterocycles. The zero-order valence-corrected chi connectivity index (χ0v) is 19.6. The topological polar surface area (TPSA) is 102 Å². The van der Waals surface area contributed by atoms with Gasteiger partial charge in [0.1, 0.15) is 12.3 Å². The first kappa shape index (κ1) is 22.5. The van der Waals surface area contributed by atoms with E-state index in [9.17, 15) is 4.79 Å². The van der Waals surface area contributed by atoms with Crippen LogP contribution in [0.4, 0.5) is 0 Å². The van der Waals surface area contributed by atoms with Crippen LogP contribution in [0.25, 0.3) is 10.9 Å². The first-order chi connectivity index (χ1) is 16.6. The van der Waals surface area contributed by atoms with E-state index in [1.165, 1.54) is 0 Å². The molecule has 9 nitrogen and oxygen atoms in total. The number of hydrogen-bond donors (Lipinski definition) is 1. The summed E-state index contributed by atoms with van der Waals surface area (Å²) in [6, 6.07) is 11.7. The lowest BCUT2D eigenvalue weighted by Gasteiger charge is -2.32. The minimum atomic E-state index is -0.0817. The third kappa shape index (κ3) is 4.80. The highest BCUT2D eigenvalue weighted by Crippen LogP contribution is 2.27. The number of fused-ring (bicyclic) bond motifs is 1. The first-order valence-electron chi connectivity index (χ1n) is 11.9. The molecule has 0 radical (unpaired) electrons. The zero-order valence-electron chi connectivity index (χ0n) is 19.6. The zero-order chi connectivity index (χ0) is 23.5. The van der Waals surface area contributed by atoms with Crippen molar-refractivity contribution in [2.45, 2.75) is 58.3 Å². The van der Waals surface area contributed by atoms with Gasteiger partial charge in [0.2, 0.25) is 0 Å². The molecule has 0 bridgehead atoms. The monoisotopic (exact) mass is 462 g/mol. The highest BCUT2D eigenvalue weighted by molar-refractivity contribution is 5.79. The molecule has 0 aliphatic carbocycles. The number of benzene rings is 1. The Morgan fingerprint density at radius 3 is 2.97 bits per heavy atom. The Balaban J connectivity index is 1.48. The van der Waals surface area contributed by atoms with Crippen LogP contribution in [-0.4, -0.2) is 49.3 Å². The van der Waals surface area contributed by atoms with Gasteiger partial charge in [0.05, 0.1) is 18.4 Å². The van der Waals surface area contributed by atoms with E-state index in [4.69, 9.17) is 9.15 Å². The number of nitrogens with zero attached hydrogens (tertiary/aromatic N) is 5. The van der Waals surface area contributed by atoms with Crippen LogP contribution in [0.1, 0.15) is 54.9 Å². The third-order valence-electron chi connectivity index (χ3n) is 6.48. The number of rotatable bonds is 9. The fourth-order valence-corrected chi connectivity index (χ4v) is 4.78. The predicted molar refractivity (Wildman–Crippen MR) is 127 cm³/mol. The quantitative estimate of drug-likeness (QED) is 0.405. The van der Waals surface area contributed by atoms with Gasteiger partial charge in [-0.05, 0) is 72.3 Å². The van der Waals surface area contributed by atoms with E-state index in [2.05, 4.69) is 45.3 Å². The summed E-state index contributed by atoms with van der Waals surface area (Å²) in [5.41, 5.74) is 2.66. The Morgan fingerprint density at radius 1 is 1.29 bits per heavy atom. The molecule has 34 heavy (non-hydrogen) atoms. The highest BCUT2D eigenvalue weighted by atomic mass is 16.5. The summed E-state index contributed by atoms with van der Waals surface area (Å²) in [4.78, 5) is 18.3. The first-order valence-corrected chi connectivity index (χ1v) is 11.9. The van der Waals surface area contributed by atoms with Crippen molar-refractivity contribution in [1.29, 1.82) is 0 Å². The normalized spacial score (nSPS) is 17.1. The molecule has 0 unspecified atom stereocenters. The van der Waals surface area contributed by atoms with E-state index in [1.807, 2.05) is 30.3 Å². The molecule has 1 aliphatic heterocycles. The fraction of sp³-hybridized carbons (Fsp3) is 0.440. The number of pyridine rings is 1. The lowest BCUT2D eigenvalue weighted by molar-refractivity contribution is 0.0488. The van der Waals surface area contributed by atoms with Crippen LogP contribution in [-0.2, 0) is 17.8 Å². The molecule has 4 heterocycles. The Morgan fingerprint density at radius 2 is 2.21 bits per heavy atom. The number of aromatic amines is 1. The second-order valence-electron chi connectivity index (χ2n) is 8.98. The highest BCUT2D eigenvalue weighted by Gasteiger charge is 2.29. The van der Waals surface area contributed by atoms with Crippen LogP contribution in [0.5, 0.6) is 0 Å². The molecule has 3 aromatic heterocycles. The smallest absolute Gasteiger partial charge is 0.252 e. The molecule has 5 rings (SSSR count). The number of nitrogens with one attached hydrogen (secondary N) is 1. The Hall–Kier alpha value is -3.30. The molecule has 2 atom stereocenters. The molecule has 0 spiro atoms. The van der Waals surface area contributed by atoms with Crippen molar-refractivity contribution >= 4 is 10.9 Å². The standard InChI is InChI=1S/C25H30N6O3/c1-3-23(24-27-28-29-31(24)16-21-7-5-11-34-21)30(15-20-6-4-10-33-20)14-19-13-18-12-17(2)8-9-22(18)26-25(19)32/h5,7-9,11-13,20,23H,3-4,6,10,14-16H2,1-2H3,(H,26,32)/t20-,23-/m1/s1. The molecule has 4 aromatic rings. The van der Waals surface area contributed by atoms with Gasteiger partial charge < -0.3 is 14.1 Å². The molecular formula is C25H30N6O3.